The molecule has 0 N–H and O–H groups in total. The summed E-state index contributed by atoms with van der Waals surface area (Å²) in [6, 6.07) is 11.2. The lowest BCUT2D eigenvalue weighted by Gasteiger charge is -2.03. The maximum atomic E-state index is 11.9. The van der Waals surface area contributed by atoms with E-state index in [4.69, 9.17) is 9.05 Å². The molecule has 0 fully saturated rings. The largest absolute Gasteiger partial charge is 0.350 e. The summed E-state index contributed by atoms with van der Waals surface area (Å²) >= 11 is 0. The van der Waals surface area contributed by atoms with Crippen molar-refractivity contribution in [2.75, 3.05) is 13.8 Å². The first kappa shape index (κ1) is 11.1. The van der Waals surface area contributed by atoms with Crippen molar-refractivity contribution < 1.29 is 13.6 Å². The molecule has 1 aromatic carbocycles. The molecule has 0 aliphatic carbocycles. The van der Waals surface area contributed by atoms with Gasteiger partial charge in [0.2, 0.25) is 5.50 Å². The summed E-state index contributed by atoms with van der Waals surface area (Å²) in [6.07, 6.45) is 0. The van der Waals surface area contributed by atoms with Gasteiger partial charge in [-0.25, -0.2) is 0 Å². The fraction of sp³-hybridized carbons (Fsp3) is 0.182. The first-order chi connectivity index (χ1) is 7.63. The highest BCUT2D eigenvalue weighted by atomic mass is 31.2. The third kappa shape index (κ3) is 2.08. The number of nitrogens with zero attached hydrogens (tertiary/aromatic N) is 1. The Morgan fingerprint density at radius 1 is 1.31 bits per heavy atom. The zero-order valence-corrected chi connectivity index (χ0v) is 9.98. The summed E-state index contributed by atoms with van der Waals surface area (Å²) in [5.74, 6) is 0. The number of hydrogen-bond donors (Lipinski definition) is 0. The van der Waals surface area contributed by atoms with Gasteiger partial charge in [0, 0.05) is 25.4 Å². The van der Waals surface area contributed by atoms with Crippen molar-refractivity contribution >= 4 is 12.9 Å². The normalized spacial score (nSPS) is 14.6. The molecule has 0 aliphatic rings. The lowest BCUT2D eigenvalue weighted by Crippen LogP contribution is -2.00. The van der Waals surface area contributed by atoms with Gasteiger partial charge in [-0.3, -0.25) is 4.57 Å². The van der Waals surface area contributed by atoms with Gasteiger partial charge < -0.3 is 9.05 Å². The zero-order chi connectivity index (χ0) is 11.6. The molecular formula is C11H12NO3P. The van der Waals surface area contributed by atoms with E-state index in [0.29, 0.717) is 5.69 Å². The molecule has 1 aromatic heterocycles. The summed E-state index contributed by atoms with van der Waals surface area (Å²) in [5, 5.41) is 3.87. The van der Waals surface area contributed by atoms with Crippen molar-refractivity contribution in [2.45, 2.75) is 0 Å². The van der Waals surface area contributed by atoms with E-state index in [9.17, 15) is 4.57 Å². The quantitative estimate of drug-likeness (QED) is 0.769. The fourth-order valence-corrected chi connectivity index (χ4v) is 2.02. The van der Waals surface area contributed by atoms with Crippen molar-refractivity contribution in [3.63, 3.8) is 0 Å². The van der Waals surface area contributed by atoms with Gasteiger partial charge in [0.25, 0.3) is 7.37 Å². The third-order valence-corrected chi connectivity index (χ3v) is 4.02. The van der Waals surface area contributed by atoms with Gasteiger partial charge in [0.1, 0.15) is 5.69 Å². The second-order valence-electron chi connectivity index (χ2n) is 3.44. The van der Waals surface area contributed by atoms with Crippen LogP contribution >= 0.6 is 7.37 Å². The Morgan fingerprint density at radius 2 is 2.00 bits per heavy atom. The first-order valence-corrected chi connectivity index (χ1v) is 6.86. The molecule has 0 bridgehead atoms. The van der Waals surface area contributed by atoms with E-state index >= 15 is 0 Å². The minimum Gasteiger partial charge on any atom is -0.350 e. The zero-order valence-electron chi connectivity index (χ0n) is 9.08. The molecule has 4 nitrogen and oxygen atoms in total. The molecule has 1 heterocycles. The van der Waals surface area contributed by atoms with Crippen LogP contribution in [0.25, 0.3) is 11.3 Å². The summed E-state index contributed by atoms with van der Waals surface area (Å²) in [6.45, 7) is 1.50. The smallest absolute Gasteiger partial charge is 0.265 e. The van der Waals surface area contributed by atoms with Crippen LogP contribution in [0.1, 0.15) is 0 Å². The van der Waals surface area contributed by atoms with E-state index < -0.39 is 7.37 Å². The average Bonchev–Trinajstić information content (AvgIpc) is 2.80. The Bertz CT molecular complexity index is 521. The molecule has 0 spiro atoms. The Labute approximate surface area is 93.7 Å². The van der Waals surface area contributed by atoms with E-state index in [1.165, 1.54) is 13.8 Å². The van der Waals surface area contributed by atoms with Crippen LogP contribution in [0.5, 0.6) is 0 Å². The van der Waals surface area contributed by atoms with Crippen molar-refractivity contribution in [3.8, 4) is 11.3 Å². The maximum Gasteiger partial charge on any atom is 0.265 e. The molecule has 1 atom stereocenters. The van der Waals surface area contributed by atoms with Gasteiger partial charge in [0.05, 0.1) is 0 Å². The first-order valence-electron chi connectivity index (χ1n) is 4.79. The summed E-state index contributed by atoms with van der Waals surface area (Å²) in [4.78, 5) is 0. The third-order valence-electron chi connectivity index (χ3n) is 2.32. The Morgan fingerprint density at radius 3 is 2.62 bits per heavy atom. The van der Waals surface area contributed by atoms with Crippen LogP contribution in [0.4, 0.5) is 0 Å². The van der Waals surface area contributed by atoms with Crippen molar-refractivity contribution in [1.29, 1.82) is 0 Å². The van der Waals surface area contributed by atoms with Gasteiger partial charge in [-0.1, -0.05) is 35.5 Å². The Balaban J connectivity index is 2.38. The SMILES string of the molecule is COP(C)(=O)c1cc(-c2ccccc2)no1. The van der Waals surface area contributed by atoms with Crippen LogP contribution in [-0.4, -0.2) is 18.9 Å². The molecule has 2 rings (SSSR count). The van der Waals surface area contributed by atoms with Crippen LogP contribution in [0.2, 0.25) is 0 Å². The second kappa shape index (κ2) is 4.24. The summed E-state index contributed by atoms with van der Waals surface area (Å²) in [5.41, 5.74) is 1.87. The number of benzene rings is 1. The summed E-state index contributed by atoms with van der Waals surface area (Å²) < 4.78 is 21.8. The van der Waals surface area contributed by atoms with E-state index in [1.807, 2.05) is 30.3 Å². The van der Waals surface area contributed by atoms with Crippen LogP contribution in [0.15, 0.2) is 40.9 Å². The second-order valence-corrected chi connectivity index (χ2v) is 5.94. The topological polar surface area (TPSA) is 52.3 Å². The van der Waals surface area contributed by atoms with E-state index in [-0.39, 0.29) is 5.50 Å². The maximum absolute atomic E-state index is 11.9. The molecule has 0 amide bonds. The summed E-state index contributed by atoms with van der Waals surface area (Å²) in [7, 11) is -1.46. The van der Waals surface area contributed by atoms with Crippen LogP contribution in [0, 0.1) is 0 Å². The van der Waals surface area contributed by atoms with Crippen LogP contribution in [0.3, 0.4) is 0 Å². The van der Waals surface area contributed by atoms with Crippen molar-refractivity contribution in [1.82, 2.24) is 5.16 Å². The highest BCUT2D eigenvalue weighted by Crippen LogP contribution is 2.40. The minimum absolute atomic E-state index is 0.286. The molecule has 0 saturated heterocycles. The predicted molar refractivity (Wildman–Crippen MR) is 62.1 cm³/mol. The van der Waals surface area contributed by atoms with Gasteiger partial charge in [-0.05, 0) is 0 Å². The van der Waals surface area contributed by atoms with E-state index in [2.05, 4.69) is 5.16 Å². The van der Waals surface area contributed by atoms with Crippen LogP contribution < -0.4 is 5.50 Å². The fourth-order valence-electron chi connectivity index (χ4n) is 1.29. The number of aromatic nitrogens is 1. The molecule has 2 aromatic rings. The minimum atomic E-state index is -2.85. The van der Waals surface area contributed by atoms with Gasteiger partial charge >= 0.3 is 0 Å². The standard InChI is InChI=1S/C11H12NO3P/c1-14-16(2,13)11-8-10(12-15-11)9-6-4-3-5-7-9/h3-8H,1-2H3. The van der Waals surface area contributed by atoms with Crippen molar-refractivity contribution in [3.05, 3.63) is 36.4 Å². The van der Waals surface area contributed by atoms with Crippen LogP contribution in [-0.2, 0) is 9.09 Å². The molecule has 5 heteroatoms. The van der Waals surface area contributed by atoms with Gasteiger partial charge in [-0.2, -0.15) is 0 Å². The highest BCUT2D eigenvalue weighted by Gasteiger charge is 2.23. The van der Waals surface area contributed by atoms with E-state index in [0.717, 1.165) is 5.56 Å². The van der Waals surface area contributed by atoms with Gasteiger partial charge in [-0.15, -0.1) is 0 Å². The Hall–Kier alpha value is -1.38. The average molecular weight is 237 g/mol. The Kier molecular flexibility index (Phi) is 2.95. The molecule has 0 saturated carbocycles. The van der Waals surface area contributed by atoms with Crippen molar-refractivity contribution in [2.24, 2.45) is 0 Å². The molecule has 0 aliphatic heterocycles. The highest BCUT2D eigenvalue weighted by molar-refractivity contribution is 7.65. The number of rotatable bonds is 3. The number of hydrogen-bond acceptors (Lipinski definition) is 4. The predicted octanol–water partition coefficient (Wildman–Crippen LogP) is 2.52. The molecule has 0 radical (unpaired) electrons. The molecule has 1 unspecified atom stereocenters. The monoisotopic (exact) mass is 237 g/mol. The molecule has 16 heavy (non-hydrogen) atoms. The molecular weight excluding hydrogens is 225 g/mol. The lowest BCUT2D eigenvalue weighted by atomic mass is 10.2. The van der Waals surface area contributed by atoms with Gasteiger partial charge in [0.15, 0.2) is 0 Å². The molecule has 84 valence electrons. The lowest BCUT2D eigenvalue weighted by molar-refractivity contribution is 0.386. The van der Waals surface area contributed by atoms with E-state index in [1.54, 1.807) is 6.07 Å².